The molecule has 0 saturated carbocycles. The molecule has 0 heterocycles. The molecule has 2 aromatic rings. The van der Waals surface area contributed by atoms with Crippen molar-refractivity contribution in [3.05, 3.63) is 65.2 Å². The number of aromatic carboxylic acids is 1. The highest BCUT2D eigenvalue weighted by Gasteiger charge is 2.27. The van der Waals surface area contributed by atoms with Gasteiger partial charge in [-0.1, -0.05) is 30.3 Å². The summed E-state index contributed by atoms with van der Waals surface area (Å²) in [5.41, 5.74) is 1.78. The summed E-state index contributed by atoms with van der Waals surface area (Å²) in [6.07, 6.45) is -4.86. The Morgan fingerprint density at radius 3 is 2.23 bits per heavy atom. The molecule has 0 bridgehead atoms. The molecule has 0 aliphatic rings. The Labute approximate surface area is 148 Å². The topological polar surface area (TPSA) is 66.4 Å². The van der Waals surface area contributed by atoms with E-state index in [0.29, 0.717) is 17.7 Å². The number of carboxylic acid groups (broad SMARTS) is 1. The molecule has 1 amide bonds. The highest BCUT2D eigenvalue weighted by molar-refractivity contribution is 5.91. The number of alkyl halides is 3. The Kier molecular flexibility index (Phi) is 6.38. The maximum Gasteiger partial charge on any atom is 0.389 e. The molecule has 138 valence electrons. The van der Waals surface area contributed by atoms with Crippen molar-refractivity contribution in [2.45, 2.75) is 31.9 Å². The molecule has 0 spiro atoms. The molecular weight excluding hydrogens is 347 g/mol. The summed E-state index contributed by atoms with van der Waals surface area (Å²) >= 11 is 0. The Hall–Kier alpha value is -2.83. The number of carboxylic acids is 1. The van der Waals surface area contributed by atoms with Gasteiger partial charge in [0.2, 0.25) is 5.91 Å². The van der Waals surface area contributed by atoms with Gasteiger partial charge in [0.15, 0.2) is 0 Å². The smallest absolute Gasteiger partial charge is 0.389 e. The quantitative estimate of drug-likeness (QED) is 0.762. The van der Waals surface area contributed by atoms with Crippen LogP contribution < -0.4 is 5.32 Å². The van der Waals surface area contributed by atoms with Crippen LogP contribution in [0.3, 0.4) is 0 Å². The van der Waals surface area contributed by atoms with Gasteiger partial charge in [-0.05, 0) is 42.2 Å². The van der Waals surface area contributed by atoms with Crippen LogP contribution in [0.5, 0.6) is 0 Å². The highest BCUT2D eigenvalue weighted by atomic mass is 19.4. The minimum absolute atomic E-state index is 0.139. The van der Waals surface area contributed by atoms with E-state index >= 15 is 0 Å². The third-order valence-electron chi connectivity index (χ3n) is 3.81. The second-order valence-electron chi connectivity index (χ2n) is 5.82. The zero-order chi connectivity index (χ0) is 19.2. The predicted molar refractivity (Wildman–Crippen MR) is 91.2 cm³/mol. The summed E-state index contributed by atoms with van der Waals surface area (Å²) in [5.74, 6) is -1.34. The zero-order valence-corrected chi connectivity index (χ0v) is 13.8. The molecule has 0 radical (unpaired) electrons. The van der Waals surface area contributed by atoms with Crippen molar-refractivity contribution < 1.29 is 27.9 Å². The van der Waals surface area contributed by atoms with Crippen LogP contribution in [0, 0.1) is 0 Å². The number of hydrogen-bond donors (Lipinski definition) is 2. The summed E-state index contributed by atoms with van der Waals surface area (Å²) in [6.45, 7) is 0. The fourth-order valence-corrected chi connectivity index (χ4v) is 2.42. The zero-order valence-electron chi connectivity index (χ0n) is 13.8. The van der Waals surface area contributed by atoms with Crippen LogP contribution in [0.25, 0.3) is 0 Å². The molecule has 4 nitrogen and oxygen atoms in total. The predicted octanol–water partition coefficient (Wildman–Crippen LogP) is 4.45. The lowest BCUT2D eigenvalue weighted by atomic mass is 10.1. The Morgan fingerprint density at radius 1 is 0.962 bits per heavy atom. The molecule has 0 aliphatic carbocycles. The minimum Gasteiger partial charge on any atom is -0.478 e. The largest absolute Gasteiger partial charge is 0.478 e. The van der Waals surface area contributed by atoms with Gasteiger partial charge < -0.3 is 10.4 Å². The third-order valence-corrected chi connectivity index (χ3v) is 3.81. The first kappa shape index (κ1) is 19.5. The molecule has 26 heavy (non-hydrogen) atoms. The van der Waals surface area contributed by atoms with E-state index in [9.17, 15) is 22.8 Å². The number of carbonyl (C=O) groups is 2. The van der Waals surface area contributed by atoms with E-state index in [1.807, 2.05) is 0 Å². The maximum absolute atomic E-state index is 12.4. The van der Waals surface area contributed by atoms with Crippen LogP contribution in [0.2, 0.25) is 0 Å². The SMILES string of the molecule is O=C(CCc1ccc(C(=O)O)cc1)Nc1ccccc1CCC(F)(F)F. The van der Waals surface area contributed by atoms with E-state index in [4.69, 9.17) is 5.11 Å². The van der Waals surface area contributed by atoms with E-state index in [-0.39, 0.29) is 24.3 Å². The average molecular weight is 365 g/mol. The van der Waals surface area contributed by atoms with Gasteiger partial charge in [0.25, 0.3) is 0 Å². The number of benzene rings is 2. The number of amides is 1. The van der Waals surface area contributed by atoms with Crippen LogP contribution in [0.4, 0.5) is 18.9 Å². The number of carbonyl (C=O) groups excluding carboxylic acids is 1. The van der Waals surface area contributed by atoms with Crippen LogP contribution in [0.1, 0.15) is 34.3 Å². The average Bonchev–Trinajstić information content (AvgIpc) is 2.59. The second-order valence-corrected chi connectivity index (χ2v) is 5.82. The third kappa shape index (κ3) is 6.23. The molecule has 0 unspecified atom stereocenters. The van der Waals surface area contributed by atoms with Gasteiger partial charge in [0.1, 0.15) is 0 Å². The number of halogens is 3. The van der Waals surface area contributed by atoms with E-state index in [1.54, 1.807) is 36.4 Å². The number of rotatable bonds is 7. The van der Waals surface area contributed by atoms with Gasteiger partial charge >= 0.3 is 12.1 Å². The normalized spacial score (nSPS) is 11.2. The lowest BCUT2D eigenvalue weighted by Crippen LogP contribution is -2.15. The summed E-state index contributed by atoms with van der Waals surface area (Å²) in [6, 6.07) is 12.6. The van der Waals surface area contributed by atoms with Gasteiger partial charge in [-0.2, -0.15) is 13.2 Å². The van der Waals surface area contributed by atoms with Crippen LogP contribution in [-0.4, -0.2) is 23.2 Å². The first-order valence-electron chi connectivity index (χ1n) is 8.01. The highest BCUT2D eigenvalue weighted by Crippen LogP contribution is 2.25. The molecule has 0 aromatic heterocycles. The van der Waals surface area contributed by atoms with Crippen LogP contribution in [0.15, 0.2) is 48.5 Å². The second kappa shape index (κ2) is 8.51. The summed E-state index contributed by atoms with van der Waals surface area (Å²) < 4.78 is 37.2. The Morgan fingerprint density at radius 2 is 1.62 bits per heavy atom. The number of anilines is 1. The fraction of sp³-hybridized carbons (Fsp3) is 0.263. The van der Waals surface area contributed by atoms with Gasteiger partial charge in [0.05, 0.1) is 5.56 Å². The van der Waals surface area contributed by atoms with Crippen molar-refractivity contribution in [1.29, 1.82) is 0 Å². The number of nitrogens with one attached hydrogen (secondary N) is 1. The molecule has 0 saturated heterocycles. The van der Waals surface area contributed by atoms with E-state index in [2.05, 4.69) is 5.32 Å². The van der Waals surface area contributed by atoms with Gasteiger partial charge in [-0.15, -0.1) is 0 Å². The summed E-state index contributed by atoms with van der Waals surface area (Å²) in [7, 11) is 0. The molecule has 0 aliphatic heterocycles. The Bertz CT molecular complexity index is 770. The molecule has 0 fully saturated rings. The molecule has 2 rings (SSSR count). The molecule has 0 atom stereocenters. The van der Waals surface area contributed by atoms with Crippen molar-refractivity contribution in [1.82, 2.24) is 0 Å². The van der Waals surface area contributed by atoms with Gasteiger partial charge in [-0.25, -0.2) is 4.79 Å². The van der Waals surface area contributed by atoms with Gasteiger partial charge in [-0.3, -0.25) is 4.79 Å². The molecule has 7 heteroatoms. The van der Waals surface area contributed by atoms with Crippen molar-refractivity contribution in [3.63, 3.8) is 0 Å². The van der Waals surface area contributed by atoms with Crippen molar-refractivity contribution in [2.24, 2.45) is 0 Å². The monoisotopic (exact) mass is 365 g/mol. The lowest BCUT2D eigenvalue weighted by molar-refractivity contribution is -0.133. The minimum atomic E-state index is -4.25. The summed E-state index contributed by atoms with van der Waals surface area (Å²) in [4.78, 5) is 22.9. The molecular formula is C19H18F3NO3. The molecule has 2 aromatic carbocycles. The lowest BCUT2D eigenvalue weighted by Gasteiger charge is -2.12. The fourth-order valence-electron chi connectivity index (χ4n) is 2.42. The van der Waals surface area contributed by atoms with E-state index in [0.717, 1.165) is 5.56 Å². The maximum atomic E-state index is 12.4. The van der Waals surface area contributed by atoms with E-state index in [1.165, 1.54) is 12.1 Å². The van der Waals surface area contributed by atoms with Gasteiger partial charge in [0, 0.05) is 18.5 Å². The summed E-state index contributed by atoms with van der Waals surface area (Å²) in [5, 5.41) is 11.5. The first-order chi connectivity index (χ1) is 12.2. The van der Waals surface area contributed by atoms with Crippen molar-refractivity contribution in [3.8, 4) is 0 Å². The standard InChI is InChI=1S/C19H18F3NO3/c20-19(21,22)12-11-14-3-1-2-4-16(14)23-17(24)10-7-13-5-8-15(9-6-13)18(25)26/h1-6,8-9H,7,10-12H2,(H,23,24)(H,25,26). The number of hydrogen-bond acceptors (Lipinski definition) is 2. The number of aryl methyl sites for hydroxylation is 2. The van der Waals surface area contributed by atoms with Crippen LogP contribution >= 0.6 is 0 Å². The van der Waals surface area contributed by atoms with Crippen molar-refractivity contribution >= 4 is 17.6 Å². The van der Waals surface area contributed by atoms with Crippen molar-refractivity contribution in [2.75, 3.05) is 5.32 Å². The van der Waals surface area contributed by atoms with Crippen LogP contribution in [-0.2, 0) is 17.6 Å². The first-order valence-corrected chi connectivity index (χ1v) is 8.01. The van der Waals surface area contributed by atoms with E-state index < -0.39 is 18.6 Å². The number of para-hydroxylation sites is 1. The molecule has 2 N–H and O–H groups in total. The Balaban J connectivity index is 1.92.